The number of piperazine rings is 1. The van der Waals surface area contributed by atoms with Crippen LogP contribution in [-0.4, -0.2) is 94.4 Å². The van der Waals surface area contributed by atoms with E-state index in [4.69, 9.17) is 4.74 Å². The first-order valence-corrected chi connectivity index (χ1v) is 12.8. The van der Waals surface area contributed by atoms with Crippen molar-refractivity contribution in [2.45, 2.75) is 44.1 Å². The number of benzene rings is 2. The molecule has 1 unspecified atom stereocenters. The summed E-state index contributed by atoms with van der Waals surface area (Å²) in [6.45, 7) is 1.31. The monoisotopic (exact) mass is 525 g/mol. The van der Waals surface area contributed by atoms with E-state index in [1.165, 1.54) is 22.0 Å². The summed E-state index contributed by atoms with van der Waals surface area (Å²) in [6, 6.07) is 11.2. The molecule has 4 amide bonds. The maximum absolute atomic E-state index is 13.7. The minimum Gasteiger partial charge on any atom is -0.508 e. The Morgan fingerprint density at radius 3 is 2.50 bits per heavy atom. The van der Waals surface area contributed by atoms with Crippen molar-refractivity contribution in [2.75, 3.05) is 33.3 Å². The minimum atomic E-state index is -0.812. The van der Waals surface area contributed by atoms with Gasteiger partial charge in [-0.1, -0.05) is 24.3 Å². The number of carbonyl (C=O) groups is 3. The Bertz CT molecular complexity index is 1170. The van der Waals surface area contributed by atoms with E-state index in [9.17, 15) is 23.9 Å². The number of fused-ring (bicyclic) bond motifs is 1. The Kier molecular flexibility index (Phi) is 7.48. The molecule has 0 bridgehead atoms. The maximum Gasteiger partial charge on any atom is 0.334 e. The van der Waals surface area contributed by atoms with Crippen LogP contribution in [-0.2, 0) is 27.3 Å². The zero-order chi connectivity index (χ0) is 26.8. The van der Waals surface area contributed by atoms with Gasteiger partial charge in [-0.15, -0.1) is 0 Å². The Labute approximate surface area is 220 Å². The number of ether oxygens (including phenoxy) is 1. The van der Waals surface area contributed by atoms with Crippen molar-refractivity contribution in [1.82, 2.24) is 25.1 Å². The molecule has 3 heterocycles. The molecule has 2 aromatic carbocycles. The fourth-order valence-electron chi connectivity index (χ4n) is 5.42. The Morgan fingerprint density at radius 2 is 1.82 bits per heavy atom. The van der Waals surface area contributed by atoms with Gasteiger partial charge >= 0.3 is 6.03 Å². The van der Waals surface area contributed by atoms with Crippen molar-refractivity contribution >= 4 is 17.8 Å². The molecule has 3 fully saturated rings. The number of amides is 4. The van der Waals surface area contributed by atoms with E-state index < -0.39 is 18.2 Å². The molecule has 2 aromatic rings. The van der Waals surface area contributed by atoms with Gasteiger partial charge in [-0.2, -0.15) is 0 Å². The molecular formula is C27H32FN5O5. The largest absolute Gasteiger partial charge is 0.508 e. The van der Waals surface area contributed by atoms with Gasteiger partial charge < -0.3 is 25.0 Å². The van der Waals surface area contributed by atoms with E-state index in [2.05, 4.69) is 5.32 Å². The first kappa shape index (κ1) is 25.9. The van der Waals surface area contributed by atoms with Crippen molar-refractivity contribution in [3.8, 4) is 5.75 Å². The van der Waals surface area contributed by atoms with Crippen LogP contribution in [0.25, 0.3) is 0 Å². The summed E-state index contributed by atoms with van der Waals surface area (Å²) in [5.74, 6) is -0.674. The molecular weight excluding hydrogens is 493 g/mol. The normalized spacial score (nSPS) is 24.1. The molecule has 0 saturated carbocycles. The second kappa shape index (κ2) is 11.0. The molecule has 11 heteroatoms. The average molecular weight is 526 g/mol. The number of nitrogens with one attached hydrogen (secondary N) is 1. The molecule has 2 N–H and O–H groups in total. The fourth-order valence-corrected chi connectivity index (χ4v) is 5.42. The van der Waals surface area contributed by atoms with Gasteiger partial charge in [-0.3, -0.25) is 9.59 Å². The topological polar surface area (TPSA) is 106 Å². The van der Waals surface area contributed by atoms with Gasteiger partial charge in [0.25, 0.3) is 0 Å². The molecule has 0 aromatic heterocycles. The molecule has 10 nitrogen and oxygen atoms in total. The number of likely N-dealkylation sites (N-methyl/N-ethyl adjacent to an activating group) is 1. The van der Waals surface area contributed by atoms with Crippen LogP contribution >= 0.6 is 0 Å². The summed E-state index contributed by atoms with van der Waals surface area (Å²) < 4.78 is 19.1. The van der Waals surface area contributed by atoms with Crippen LogP contribution in [0.4, 0.5) is 9.18 Å². The first-order chi connectivity index (χ1) is 18.3. The molecule has 202 valence electrons. The van der Waals surface area contributed by atoms with E-state index in [-0.39, 0.29) is 55.5 Å². The van der Waals surface area contributed by atoms with E-state index in [0.29, 0.717) is 13.2 Å². The molecule has 3 aliphatic heterocycles. The number of phenols is 1. The number of urea groups is 1. The molecule has 3 aliphatic rings. The lowest BCUT2D eigenvalue weighted by atomic mass is 9.98. The van der Waals surface area contributed by atoms with E-state index in [0.717, 1.165) is 24.0 Å². The van der Waals surface area contributed by atoms with Crippen LogP contribution in [0.1, 0.15) is 24.0 Å². The van der Waals surface area contributed by atoms with Gasteiger partial charge in [-0.25, -0.2) is 19.2 Å². The minimum absolute atomic E-state index is 0.0639. The van der Waals surface area contributed by atoms with Gasteiger partial charge in [0.05, 0.1) is 19.2 Å². The third kappa shape index (κ3) is 5.44. The van der Waals surface area contributed by atoms with Crippen LogP contribution in [0.5, 0.6) is 5.75 Å². The van der Waals surface area contributed by atoms with E-state index in [1.807, 2.05) is 0 Å². The zero-order valence-electron chi connectivity index (χ0n) is 21.3. The third-order valence-corrected chi connectivity index (χ3v) is 7.32. The summed E-state index contributed by atoms with van der Waals surface area (Å²) in [4.78, 5) is 43.8. The van der Waals surface area contributed by atoms with Crippen molar-refractivity contribution in [3.63, 3.8) is 0 Å². The molecule has 3 saturated heterocycles. The molecule has 0 radical (unpaired) electrons. The lowest BCUT2D eigenvalue weighted by Crippen LogP contribution is -2.76. The number of carbonyl (C=O) groups excluding carboxylic acids is 3. The lowest BCUT2D eigenvalue weighted by molar-refractivity contribution is -0.188. The summed E-state index contributed by atoms with van der Waals surface area (Å²) in [6.07, 6.45) is 1.23. The van der Waals surface area contributed by atoms with Crippen molar-refractivity contribution < 1.29 is 28.6 Å². The number of aromatic hydroxyl groups is 1. The van der Waals surface area contributed by atoms with Crippen LogP contribution in [0.2, 0.25) is 0 Å². The third-order valence-electron chi connectivity index (χ3n) is 7.32. The fraction of sp³-hybridized carbons (Fsp3) is 0.444. The summed E-state index contributed by atoms with van der Waals surface area (Å²) >= 11 is 0. The number of rotatable bonds is 6. The number of phenolic OH excluding ortho intramolecular Hbond substituents is 1. The van der Waals surface area contributed by atoms with Crippen molar-refractivity contribution in [2.24, 2.45) is 0 Å². The predicted molar refractivity (Wildman–Crippen MR) is 135 cm³/mol. The number of hydrogen-bond donors (Lipinski definition) is 2. The highest BCUT2D eigenvalue weighted by Gasteiger charge is 2.51. The first-order valence-electron chi connectivity index (χ1n) is 12.8. The molecule has 5 rings (SSSR count). The number of hydrogen-bond acceptors (Lipinski definition) is 6. The van der Waals surface area contributed by atoms with Gasteiger partial charge in [0.2, 0.25) is 11.8 Å². The average Bonchev–Trinajstić information content (AvgIpc) is 3.40. The Hall–Kier alpha value is -3.70. The smallest absolute Gasteiger partial charge is 0.334 e. The highest BCUT2D eigenvalue weighted by Crippen LogP contribution is 2.29. The number of nitrogens with zero attached hydrogens (tertiary/aromatic N) is 4. The SMILES string of the molecule is CN1CC(=O)N2[C@@H](Cc3ccc(O)cc3)C(=O)N(CC3CCCO3)C[C@@H]2N1C(=O)NCc1ccc(F)cc1. The number of halogens is 1. The Balaban J connectivity index is 1.41. The maximum atomic E-state index is 13.7. The highest BCUT2D eigenvalue weighted by atomic mass is 19.1. The van der Waals surface area contributed by atoms with Gasteiger partial charge in [0.15, 0.2) is 0 Å². The van der Waals surface area contributed by atoms with Gasteiger partial charge in [0.1, 0.15) is 23.8 Å². The Morgan fingerprint density at radius 1 is 1.11 bits per heavy atom. The van der Waals surface area contributed by atoms with Crippen molar-refractivity contribution in [1.29, 1.82) is 0 Å². The van der Waals surface area contributed by atoms with Crippen LogP contribution < -0.4 is 5.32 Å². The van der Waals surface area contributed by atoms with E-state index in [1.54, 1.807) is 53.4 Å². The predicted octanol–water partition coefficient (Wildman–Crippen LogP) is 1.69. The number of hydrazine groups is 1. The molecule has 0 spiro atoms. The zero-order valence-corrected chi connectivity index (χ0v) is 21.3. The second-order valence-electron chi connectivity index (χ2n) is 9.99. The van der Waals surface area contributed by atoms with Crippen LogP contribution in [0.3, 0.4) is 0 Å². The summed E-state index contributed by atoms with van der Waals surface area (Å²) in [5, 5.41) is 15.6. The molecule has 38 heavy (non-hydrogen) atoms. The quantitative estimate of drug-likeness (QED) is 0.595. The molecule has 0 aliphatic carbocycles. The summed E-state index contributed by atoms with van der Waals surface area (Å²) in [7, 11) is 1.67. The van der Waals surface area contributed by atoms with Gasteiger partial charge in [0, 0.05) is 33.2 Å². The van der Waals surface area contributed by atoms with Crippen LogP contribution in [0, 0.1) is 5.82 Å². The second-order valence-corrected chi connectivity index (χ2v) is 9.99. The van der Waals surface area contributed by atoms with Crippen LogP contribution in [0.15, 0.2) is 48.5 Å². The molecule has 3 atom stereocenters. The lowest BCUT2D eigenvalue weighted by Gasteiger charge is -2.54. The van der Waals surface area contributed by atoms with Gasteiger partial charge in [-0.05, 0) is 48.2 Å². The summed E-state index contributed by atoms with van der Waals surface area (Å²) in [5.41, 5.74) is 1.52. The van der Waals surface area contributed by atoms with E-state index >= 15 is 0 Å². The van der Waals surface area contributed by atoms with Crippen molar-refractivity contribution in [3.05, 3.63) is 65.5 Å². The highest BCUT2D eigenvalue weighted by molar-refractivity contribution is 5.91. The standard InChI is InChI=1S/C27H32FN5O5/c1-30-17-25(35)32-23(13-18-6-10-21(34)11-7-18)26(36)31(15-22-3-2-12-38-22)16-24(32)33(30)27(37)29-14-19-4-8-20(28)9-5-19/h4-11,22-24,34H,2-3,12-17H2,1H3,(H,29,37)/t22?,23-,24-/m0/s1.